The second-order valence-electron chi connectivity index (χ2n) is 16.0. The van der Waals surface area contributed by atoms with Crippen LogP contribution >= 0.6 is 0 Å². The van der Waals surface area contributed by atoms with Gasteiger partial charge in [0.1, 0.15) is 11.2 Å². The number of hydrogen-bond acceptors (Lipinski definition) is 4. The van der Waals surface area contributed by atoms with Gasteiger partial charge in [-0.1, -0.05) is 152 Å². The zero-order valence-corrected chi connectivity index (χ0v) is 33.9. The van der Waals surface area contributed by atoms with Crippen molar-refractivity contribution in [3.05, 3.63) is 212 Å². The average Bonchev–Trinajstić information content (AvgIpc) is 4.01. The molecule has 0 radical (unpaired) electrons. The molecule has 0 N–H and O–H groups in total. The molecule has 6 nitrogen and oxygen atoms in total. The Labute approximate surface area is 361 Å². The Morgan fingerprint density at radius 3 is 1.60 bits per heavy atom. The van der Waals surface area contributed by atoms with Crippen LogP contribution in [-0.4, -0.2) is 24.1 Å². The summed E-state index contributed by atoms with van der Waals surface area (Å²) >= 11 is 0. The van der Waals surface area contributed by atoms with Crippen molar-refractivity contribution in [1.29, 1.82) is 0 Å². The first kappa shape index (κ1) is 35.2. The summed E-state index contributed by atoms with van der Waals surface area (Å²) in [5.74, 6) is 1.75. The second-order valence-corrected chi connectivity index (χ2v) is 16.0. The predicted octanol–water partition coefficient (Wildman–Crippen LogP) is 14.6. The molecule has 0 aliphatic heterocycles. The number of aromatic nitrogens is 5. The molecule has 0 atom stereocenters. The number of rotatable bonds is 6. The van der Waals surface area contributed by atoms with Gasteiger partial charge in [-0.2, -0.15) is 0 Å². The molecular formula is C57H35N5O. The van der Waals surface area contributed by atoms with E-state index < -0.39 is 0 Å². The molecule has 63 heavy (non-hydrogen) atoms. The third-order valence-corrected chi connectivity index (χ3v) is 12.4. The van der Waals surface area contributed by atoms with Crippen molar-refractivity contribution in [2.24, 2.45) is 0 Å². The van der Waals surface area contributed by atoms with Crippen LogP contribution in [0.3, 0.4) is 0 Å². The quantitative estimate of drug-likeness (QED) is 0.168. The maximum atomic E-state index is 6.33. The maximum Gasteiger partial charge on any atom is 0.166 e. The molecule has 0 aliphatic carbocycles. The van der Waals surface area contributed by atoms with Gasteiger partial charge >= 0.3 is 0 Å². The van der Waals surface area contributed by atoms with Crippen LogP contribution in [0.5, 0.6) is 0 Å². The number of para-hydroxylation sites is 4. The minimum atomic E-state index is 0.571. The monoisotopic (exact) mass is 805 g/mol. The fraction of sp³-hybridized carbons (Fsp3) is 0. The second kappa shape index (κ2) is 14.0. The summed E-state index contributed by atoms with van der Waals surface area (Å²) in [5.41, 5.74) is 13.2. The van der Waals surface area contributed by atoms with Crippen molar-refractivity contribution in [3.63, 3.8) is 0 Å². The van der Waals surface area contributed by atoms with E-state index in [0.717, 1.165) is 77.5 Å². The van der Waals surface area contributed by atoms with E-state index in [1.54, 1.807) is 0 Å². The average molecular weight is 806 g/mol. The molecule has 0 spiro atoms. The van der Waals surface area contributed by atoms with Gasteiger partial charge < -0.3 is 13.6 Å². The highest BCUT2D eigenvalue weighted by Gasteiger charge is 2.21. The molecule has 6 heteroatoms. The molecule has 294 valence electrons. The lowest BCUT2D eigenvalue weighted by Gasteiger charge is -2.15. The van der Waals surface area contributed by atoms with Crippen molar-refractivity contribution in [3.8, 4) is 56.7 Å². The highest BCUT2D eigenvalue weighted by molar-refractivity contribution is 6.13. The van der Waals surface area contributed by atoms with Crippen LogP contribution in [0, 0.1) is 0 Å². The van der Waals surface area contributed by atoms with E-state index in [-0.39, 0.29) is 0 Å². The largest absolute Gasteiger partial charge is 0.456 e. The summed E-state index contributed by atoms with van der Waals surface area (Å²) < 4.78 is 11.1. The normalized spacial score (nSPS) is 11.8. The molecule has 0 saturated heterocycles. The van der Waals surface area contributed by atoms with Crippen molar-refractivity contribution in [2.75, 3.05) is 0 Å². The van der Waals surface area contributed by atoms with E-state index >= 15 is 0 Å². The molecule has 0 aliphatic rings. The van der Waals surface area contributed by atoms with Crippen LogP contribution in [0.1, 0.15) is 0 Å². The number of fused-ring (bicyclic) bond motifs is 9. The zero-order valence-electron chi connectivity index (χ0n) is 33.9. The minimum Gasteiger partial charge on any atom is -0.456 e. The lowest BCUT2D eigenvalue weighted by atomic mass is 10.0. The molecule has 0 amide bonds. The van der Waals surface area contributed by atoms with Gasteiger partial charge in [-0.15, -0.1) is 0 Å². The first-order valence-electron chi connectivity index (χ1n) is 21.2. The Morgan fingerprint density at radius 2 is 0.825 bits per heavy atom. The van der Waals surface area contributed by atoms with Crippen LogP contribution in [0.15, 0.2) is 217 Å². The standard InChI is InChI=1S/C57H35N5O/c1-3-15-36(16-4-1)38-27-30-43-41-19-7-11-23-48(41)61(51(43)33-38)40-29-32-44-42-20-8-12-24-49(42)62(52(44)35-40)50-25-13-9-22-47(50)57-59-55(37-17-5-2-6-18-37)58-56(60-57)39-28-31-46-45-21-10-14-26-53(45)63-54(46)34-39/h1-35H. The van der Waals surface area contributed by atoms with Crippen molar-refractivity contribution >= 4 is 65.6 Å². The topological polar surface area (TPSA) is 61.7 Å². The van der Waals surface area contributed by atoms with Crippen LogP contribution in [-0.2, 0) is 0 Å². The van der Waals surface area contributed by atoms with E-state index in [1.165, 1.54) is 27.3 Å². The fourth-order valence-electron chi connectivity index (χ4n) is 9.48. The van der Waals surface area contributed by atoms with Gasteiger partial charge in [0.05, 0.1) is 27.8 Å². The Morgan fingerprint density at radius 1 is 0.302 bits per heavy atom. The molecular weight excluding hydrogens is 771 g/mol. The third-order valence-electron chi connectivity index (χ3n) is 12.4. The van der Waals surface area contributed by atoms with E-state index in [1.807, 2.05) is 54.6 Å². The Bertz CT molecular complexity index is 3920. The van der Waals surface area contributed by atoms with Crippen molar-refractivity contribution in [2.45, 2.75) is 0 Å². The van der Waals surface area contributed by atoms with Gasteiger partial charge in [0.2, 0.25) is 0 Å². The molecule has 4 heterocycles. The molecule has 0 fully saturated rings. The molecule has 0 bridgehead atoms. The minimum absolute atomic E-state index is 0.571. The smallest absolute Gasteiger partial charge is 0.166 e. The first-order chi connectivity index (χ1) is 31.2. The van der Waals surface area contributed by atoms with Gasteiger partial charge in [-0.05, 0) is 71.8 Å². The third kappa shape index (κ3) is 5.62. The van der Waals surface area contributed by atoms with Gasteiger partial charge in [-0.25, -0.2) is 15.0 Å². The zero-order chi connectivity index (χ0) is 41.4. The van der Waals surface area contributed by atoms with Crippen LogP contribution in [0.2, 0.25) is 0 Å². The highest BCUT2D eigenvalue weighted by atomic mass is 16.3. The molecule has 0 saturated carbocycles. The van der Waals surface area contributed by atoms with E-state index in [2.05, 4.69) is 167 Å². The molecule has 13 rings (SSSR count). The highest BCUT2D eigenvalue weighted by Crippen LogP contribution is 2.40. The Balaban J connectivity index is 1.04. The summed E-state index contributed by atoms with van der Waals surface area (Å²) in [6, 6.07) is 74.6. The Hall–Kier alpha value is -8.61. The van der Waals surface area contributed by atoms with Gasteiger partial charge in [-0.3, -0.25) is 0 Å². The molecule has 4 aromatic heterocycles. The summed E-state index contributed by atoms with van der Waals surface area (Å²) in [6.07, 6.45) is 0. The van der Waals surface area contributed by atoms with Crippen LogP contribution in [0.4, 0.5) is 0 Å². The molecule has 0 unspecified atom stereocenters. The van der Waals surface area contributed by atoms with Crippen LogP contribution < -0.4 is 0 Å². The first-order valence-corrected chi connectivity index (χ1v) is 21.2. The molecule has 13 aromatic rings. The van der Waals surface area contributed by atoms with Gasteiger partial charge in [0, 0.05) is 54.7 Å². The summed E-state index contributed by atoms with van der Waals surface area (Å²) in [5, 5.41) is 6.91. The van der Waals surface area contributed by atoms with Gasteiger partial charge in [0.15, 0.2) is 17.5 Å². The van der Waals surface area contributed by atoms with Gasteiger partial charge in [0.25, 0.3) is 0 Å². The SMILES string of the molecule is c1ccc(-c2ccc3c4ccccc4n(-c4ccc5c6ccccc6n(-c6ccccc6-c6nc(-c7ccccc7)nc(-c7ccc8c(c7)oc7ccccc78)n6)c5c4)c3c2)cc1. The number of benzene rings is 9. The molecule has 9 aromatic carbocycles. The Kier molecular flexibility index (Phi) is 7.80. The number of hydrogen-bond donors (Lipinski definition) is 0. The van der Waals surface area contributed by atoms with E-state index in [0.29, 0.717) is 17.5 Å². The number of nitrogens with zero attached hydrogens (tertiary/aromatic N) is 5. The predicted molar refractivity (Wildman–Crippen MR) is 258 cm³/mol. The lowest BCUT2D eigenvalue weighted by molar-refractivity contribution is 0.669. The van der Waals surface area contributed by atoms with Crippen molar-refractivity contribution < 1.29 is 4.42 Å². The lowest BCUT2D eigenvalue weighted by Crippen LogP contribution is -2.03. The maximum absolute atomic E-state index is 6.33. The summed E-state index contributed by atoms with van der Waals surface area (Å²) in [7, 11) is 0. The summed E-state index contributed by atoms with van der Waals surface area (Å²) in [4.78, 5) is 15.6. The van der Waals surface area contributed by atoms with E-state index in [9.17, 15) is 0 Å². The van der Waals surface area contributed by atoms with Crippen LogP contribution in [0.25, 0.3) is 122 Å². The van der Waals surface area contributed by atoms with Crippen molar-refractivity contribution in [1.82, 2.24) is 24.1 Å². The summed E-state index contributed by atoms with van der Waals surface area (Å²) in [6.45, 7) is 0. The number of furan rings is 1. The fourth-order valence-corrected chi connectivity index (χ4v) is 9.48. The van der Waals surface area contributed by atoms with E-state index in [4.69, 9.17) is 19.4 Å².